The molecule has 2 N–H and O–H groups in total. The molecule has 2 nitrogen and oxygen atoms in total. The van der Waals surface area contributed by atoms with Crippen LogP contribution in [0.15, 0.2) is 57.0 Å². The van der Waals surface area contributed by atoms with Crippen LogP contribution in [-0.2, 0) is 0 Å². The molecule has 1 aromatic carbocycles. The van der Waals surface area contributed by atoms with Crippen molar-refractivity contribution in [3.05, 3.63) is 52.8 Å². The molecule has 0 saturated heterocycles. The van der Waals surface area contributed by atoms with Gasteiger partial charge in [-0.2, -0.15) is 0 Å². The lowest BCUT2D eigenvalue weighted by Crippen LogP contribution is -2.04. The summed E-state index contributed by atoms with van der Waals surface area (Å²) in [6, 6.07) is 10.3. The van der Waals surface area contributed by atoms with E-state index in [9.17, 15) is 0 Å². The van der Waals surface area contributed by atoms with Gasteiger partial charge in [-0.05, 0) is 52.7 Å². The summed E-state index contributed by atoms with van der Waals surface area (Å²) in [5.74, 6) is 0. The van der Waals surface area contributed by atoms with E-state index in [0.717, 1.165) is 10.0 Å². The molecule has 0 aliphatic heterocycles. The highest BCUT2D eigenvalue weighted by Gasteiger charge is 2.05. The van der Waals surface area contributed by atoms with E-state index < -0.39 is 0 Å². The molecule has 1 aromatic heterocycles. The van der Waals surface area contributed by atoms with Gasteiger partial charge in [0.1, 0.15) is 0 Å². The minimum Gasteiger partial charge on any atom is -0.324 e. The van der Waals surface area contributed by atoms with Crippen LogP contribution in [0.5, 0.6) is 0 Å². The van der Waals surface area contributed by atoms with Crippen molar-refractivity contribution in [2.75, 3.05) is 0 Å². The van der Waals surface area contributed by atoms with Crippen molar-refractivity contribution in [1.29, 1.82) is 0 Å². The second-order valence-corrected chi connectivity index (χ2v) is 5.73. The second-order valence-electron chi connectivity index (χ2n) is 3.76. The molecule has 0 aliphatic carbocycles. The van der Waals surface area contributed by atoms with Crippen molar-refractivity contribution >= 4 is 27.7 Å². The first kappa shape index (κ1) is 12.6. The molecule has 0 saturated carbocycles. The van der Waals surface area contributed by atoms with Crippen LogP contribution in [0.25, 0.3) is 0 Å². The first-order valence-electron chi connectivity index (χ1n) is 5.30. The molecule has 0 fully saturated rings. The summed E-state index contributed by atoms with van der Waals surface area (Å²) in [5.41, 5.74) is 6.98. The van der Waals surface area contributed by atoms with E-state index in [1.807, 2.05) is 19.1 Å². The lowest BCUT2D eigenvalue weighted by Gasteiger charge is -2.09. The third kappa shape index (κ3) is 3.31. The van der Waals surface area contributed by atoms with Crippen LogP contribution < -0.4 is 5.73 Å². The average molecular weight is 309 g/mol. The zero-order chi connectivity index (χ0) is 12.3. The van der Waals surface area contributed by atoms with Gasteiger partial charge < -0.3 is 5.73 Å². The van der Waals surface area contributed by atoms with Crippen LogP contribution in [0.2, 0.25) is 0 Å². The molecule has 2 aromatic rings. The molecule has 0 bridgehead atoms. The van der Waals surface area contributed by atoms with E-state index in [1.54, 1.807) is 24.2 Å². The third-order valence-corrected chi connectivity index (χ3v) is 4.36. The fourth-order valence-electron chi connectivity index (χ4n) is 1.42. The molecule has 0 radical (unpaired) electrons. The van der Waals surface area contributed by atoms with Gasteiger partial charge in [0.2, 0.25) is 0 Å². The van der Waals surface area contributed by atoms with Gasteiger partial charge in [-0.3, -0.25) is 4.98 Å². The summed E-state index contributed by atoms with van der Waals surface area (Å²) in [5, 5.41) is 0. The van der Waals surface area contributed by atoms with Crippen molar-refractivity contribution in [3.63, 3.8) is 0 Å². The fourth-order valence-corrected chi connectivity index (χ4v) is 2.86. The molecular weight excluding hydrogens is 296 g/mol. The Morgan fingerprint density at radius 3 is 2.53 bits per heavy atom. The Hall–Kier alpha value is -0.840. The van der Waals surface area contributed by atoms with Crippen molar-refractivity contribution in [2.45, 2.75) is 22.8 Å². The minimum absolute atomic E-state index is 0.0614. The molecule has 1 heterocycles. The zero-order valence-corrected chi connectivity index (χ0v) is 11.8. The number of benzene rings is 1. The Labute approximate surface area is 114 Å². The van der Waals surface area contributed by atoms with Crippen LogP contribution in [0.1, 0.15) is 18.5 Å². The molecule has 0 aliphatic rings. The summed E-state index contributed by atoms with van der Waals surface area (Å²) >= 11 is 5.29. The second kappa shape index (κ2) is 5.67. The van der Waals surface area contributed by atoms with Crippen LogP contribution in [0.3, 0.4) is 0 Å². The number of pyridine rings is 1. The van der Waals surface area contributed by atoms with Gasteiger partial charge in [0.25, 0.3) is 0 Å². The maximum absolute atomic E-state index is 5.85. The summed E-state index contributed by atoms with van der Waals surface area (Å²) in [4.78, 5) is 6.36. The van der Waals surface area contributed by atoms with Gasteiger partial charge in [-0.15, -0.1) is 0 Å². The lowest BCUT2D eigenvalue weighted by atomic mass is 10.1. The Morgan fingerprint density at radius 2 is 1.94 bits per heavy atom. The van der Waals surface area contributed by atoms with Gasteiger partial charge in [-0.25, -0.2) is 0 Å². The van der Waals surface area contributed by atoms with Crippen molar-refractivity contribution in [2.24, 2.45) is 5.73 Å². The molecule has 17 heavy (non-hydrogen) atoms. The topological polar surface area (TPSA) is 38.9 Å². The van der Waals surface area contributed by atoms with Crippen molar-refractivity contribution in [3.8, 4) is 0 Å². The van der Waals surface area contributed by atoms with E-state index in [0.29, 0.717) is 0 Å². The first-order chi connectivity index (χ1) is 8.16. The van der Waals surface area contributed by atoms with E-state index in [2.05, 4.69) is 39.1 Å². The molecule has 2 rings (SSSR count). The lowest BCUT2D eigenvalue weighted by molar-refractivity contribution is 0.815. The largest absolute Gasteiger partial charge is 0.324 e. The van der Waals surface area contributed by atoms with E-state index in [1.165, 1.54) is 9.79 Å². The highest BCUT2D eigenvalue weighted by Crippen LogP contribution is 2.34. The van der Waals surface area contributed by atoms with E-state index >= 15 is 0 Å². The van der Waals surface area contributed by atoms with Crippen LogP contribution in [0, 0.1) is 0 Å². The average Bonchev–Trinajstić information content (AvgIpc) is 2.33. The monoisotopic (exact) mass is 308 g/mol. The van der Waals surface area contributed by atoms with Gasteiger partial charge in [0.05, 0.1) is 0 Å². The maximum atomic E-state index is 5.85. The van der Waals surface area contributed by atoms with E-state index in [4.69, 9.17) is 5.73 Å². The smallest absolute Gasteiger partial charge is 0.0318 e. The number of hydrogen-bond donors (Lipinski definition) is 1. The number of aromatic nitrogens is 1. The Bertz CT molecular complexity index is 500. The van der Waals surface area contributed by atoms with Gasteiger partial charge >= 0.3 is 0 Å². The summed E-state index contributed by atoms with van der Waals surface area (Å²) in [6.45, 7) is 1.98. The third-order valence-electron chi connectivity index (χ3n) is 2.36. The maximum Gasteiger partial charge on any atom is 0.0318 e. The molecule has 1 unspecified atom stereocenters. The van der Waals surface area contributed by atoms with Gasteiger partial charge in [-0.1, -0.05) is 17.8 Å². The number of hydrogen-bond acceptors (Lipinski definition) is 3. The molecule has 0 amide bonds. The van der Waals surface area contributed by atoms with Crippen molar-refractivity contribution in [1.82, 2.24) is 4.98 Å². The molecule has 1 atom stereocenters. The summed E-state index contributed by atoms with van der Waals surface area (Å²) < 4.78 is 1.08. The Kier molecular flexibility index (Phi) is 4.20. The fraction of sp³-hybridized carbons (Fsp3) is 0.154. The summed E-state index contributed by atoms with van der Waals surface area (Å²) in [7, 11) is 0. The quantitative estimate of drug-likeness (QED) is 0.931. The van der Waals surface area contributed by atoms with Crippen LogP contribution in [-0.4, -0.2) is 4.98 Å². The molecular formula is C13H13BrN2S. The number of nitrogens with two attached hydrogens (primary N) is 1. The zero-order valence-electron chi connectivity index (χ0n) is 9.43. The highest BCUT2D eigenvalue weighted by atomic mass is 79.9. The number of nitrogens with zero attached hydrogens (tertiary/aromatic N) is 1. The van der Waals surface area contributed by atoms with Gasteiger partial charge in [0.15, 0.2) is 0 Å². The molecule has 4 heteroatoms. The van der Waals surface area contributed by atoms with Gasteiger partial charge in [0, 0.05) is 32.7 Å². The number of halogens is 1. The highest BCUT2D eigenvalue weighted by molar-refractivity contribution is 9.10. The number of rotatable bonds is 3. The first-order valence-corrected chi connectivity index (χ1v) is 6.90. The van der Waals surface area contributed by atoms with Crippen LogP contribution in [0.4, 0.5) is 0 Å². The molecule has 0 spiro atoms. The van der Waals surface area contributed by atoms with E-state index in [-0.39, 0.29) is 6.04 Å². The predicted molar refractivity (Wildman–Crippen MR) is 75.1 cm³/mol. The normalized spacial score (nSPS) is 12.4. The Morgan fingerprint density at radius 1 is 1.24 bits per heavy atom. The predicted octanol–water partition coefficient (Wildman–Crippen LogP) is 4.02. The standard InChI is InChI=1S/C13H13BrN2S/c1-9(15)10-2-3-13(12(14)8-10)17-11-4-6-16-7-5-11/h2-9H,15H2,1H3. The Balaban J connectivity index is 2.23. The SMILES string of the molecule is CC(N)c1ccc(Sc2ccncc2)c(Br)c1. The minimum atomic E-state index is 0.0614. The molecule has 88 valence electrons. The van der Waals surface area contributed by atoms with Crippen molar-refractivity contribution < 1.29 is 0 Å². The summed E-state index contributed by atoms with van der Waals surface area (Å²) in [6.07, 6.45) is 3.60. The van der Waals surface area contributed by atoms with Crippen LogP contribution >= 0.6 is 27.7 Å².